The Kier molecular flexibility index (Phi) is 4.75. The topological polar surface area (TPSA) is 93.2 Å². The van der Waals surface area contributed by atoms with Gasteiger partial charge >= 0.3 is 25.6 Å². The van der Waals surface area contributed by atoms with Gasteiger partial charge in [-0.15, -0.1) is 0 Å². The van der Waals surface area contributed by atoms with Gasteiger partial charge in [0.2, 0.25) is 0 Å². The third kappa shape index (κ3) is 2.68. The average molecular weight is 326 g/mol. The van der Waals surface area contributed by atoms with E-state index in [1.54, 1.807) is 18.2 Å². The van der Waals surface area contributed by atoms with Crippen molar-refractivity contribution in [1.82, 2.24) is 4.67 Å². The summed E-state index contributed by atoms with van der Waals surface area (Å²) in [6.07, 6.45) is 0. The summed E-state index contributed by atoms with van der Waals surface area (Å²) in [6.45, 7) is 2.97. The van der Waals surface area contributed by atoms with Gasteiger partial charge < -0.3 is 0 Å². The highest BCUT2D eigenvalue weighted by molar-refractivity contribution is 7.53. The van der Waals surface area contributed by atoms with E-state index < -0.39 is 25.6 Å². The maximum Gasteiger partial charge on any atom is 0.446 e. The molecule has 1 saturated heterocycles. The fraction of sp³-hybridized carbons (Fsp3) is 0.308. The average Bonchev–Trinajstić information content (AvgIpc) is 2.71. The van der Waals surface area contributed by atoms with E-state index in [4.69, 9.17) is 9.05 Å². The Morgan fingerprint density at radius 2 is 1.50 bits per heavy atom. The van der Waals surface area contributed by atoms with Crippen LogP contribution < -0.4 is 4.90 Å². The Morgan fingerprint density at radius 3 is 2.00 bits per heavy atom. The summed E-state index contributed by atoms with van der Waals surface area (Å²) < 4.78 is 22.8. The van der Waals surface area contributed by atoms with Crippen LogP contribution in [-0.2, 0) is 23.2 Å². The summed E-state index contributed by atoms with van der Waals surface area (Å²) >= 11 is 0. The molecule has 0 aliphatic carbocycles. The van der Waals surface area contributed by atoms with Gasteiger partial charge in [-0.05, 0) is 26.0 Å². The second kappa shape index (κ2) is 6.39. The van der Waals surface area contributed by atoms with Gasteiger partial charge in [-0.2, -0.15) is 4.67 Å². The van der Waals surface area contributed by atoms with Crippen LogP contribution in [0.5, 0.6) is 0 Å². The summed E-state index contributed by atoms with van der Waals surface area (Å²) in [5, 5.41) is 0. The predicted molar refractivity (Wildman–Crippen MR) is 77.0 cm³/mol. The second-order valence-corrected chi connectivity index (χ2v) is 6.03. The molecular formula is C13H15N2O6P. The molecule has 0 bridgehead atoms. The van der Waals surface area contributed by atoms with Crippen molar-refractivity contribution in [2.24, 2.45) is 0 Å². The smallest absolute Gasteiger partial charge is 0.292 e. The zero-order valence-electron chi connectivity index (χ0n) is 12.1. The number of amides is 4. The molecule has 1 aromatic rings. The maximum absolute atomic E-state index is 12.6. The van der Waals surface area contributed by atoms with Crippen LogP contribution in [0.4, 0.5) is 10.5 Å². The fourth-order valence-corrected chi connectivity index (χ4v) is 3.52. The van der Waals surface area contributed by atoms with E-state index in [1.807, 2.05) is 0 Å². The van der Waals surface area contributed by atoms with E-state index in [0.29, 0.717) is 4.90 Å². The summed E-state index contributed by atoms with van der Waals surface area (Å²) in [4.78, 5) is 37.2. The molecule has 0 unspecified atom stereocenters. The summed E-state index contributed by atoms with van der Waals surface area (Å²) in [7, 11) is -4.20. The Hall–Kier alpha value is -2.02. The minimum atomic E-state index is -4.20. The van der Waals surface area contributed by atoms with Crippen molar-refractivity contribution in [1.29, 1.82) is 0 Å². The number of anilines is 1. The molecule has 0 radical (unpaired) electrons. The Balaban J connectivity index is 2.43. The van der Waals surface area contributed by atoms with Crippen LogP contribution in [0.1, 0.15) is 13.8 Å². The van der Waals surface area contributed by atoms with E-state index in [1.165, 1.54) is 26.0 Å². The lowest BCUT2D eigenvalue weighted by Gasteiger charge is -2.23. The molecule has 8 nitrogen and oxygen atoms in total. The SMILES string of the molecule is CCOP(=O)(OCC)N1C(=O)C(=O)N(c2ccccc2)C1=O. The third-order valence-electron chi connectivity index (χ3n) is 2.79. The summed E-state index contributed by atoms with van der Waals surface area (Å²) in [5.74, 6) is -2.34. The highest BCUT2D eigenvalue weighted by Crippen LogP contribution is 2.54. The fourth-order valence-electron chi connectivity index (χ4n) is 1.95. The third-order valence-corrected chi connectivity index (χ3v) is 4.81. The number of rotatable bonds is 6. The van der Waals surface area contributed by atoms with Gasteiger partial charge in [0.1, 0.15) is 0 Å². The molecular weight excluding hydrogens is 311 g/mol. The van der Waals surface area contributed by atoms with Gasteiger partial charge in [0.05, 0.1) is 18.9 Å². The normalized spacial score (nSPS) is 15.8. The lowest BCUT2D eigenvalue weighted by Crippen LogP contribution is -2.32. The van der Waals surface area contributed by atoms with Crippen molar-refractivity contribution in [3.8, 4) is 0 Å². The number of hydrogen-bond acceptors (Lipinski definition) is 6. The lowest BCUT2D eigenvalue weighted by atomic mass is 10.3. The van der Waals surface area contributed by atoms with Crippen LogP contribution in [0, 0.1) is 0 Å². The molecule has 118 valence electrons. The number of carbonyl (C=O) groups is 3. The molecule has 9 heteroatoms. The molecule has 22 heavy (non-hydrogen) atoms. The Labute approximate surface area is 127 Å². The van der Waals surface area contributed by atoms with E-state index in [9.17, 15) is 18.9 Å². The number of nitrogens with zero attached hydrogens (tertiary/aromatic N) is 2. The van der Waals surface area contributed by atoms with Crippen molar-refractivity contribution in [3.05, 3.63) is 30.3 Å². The van der Waals surface area contributed by atoms with Crippen molar-refractivity contribution in [2.45, 2.75) is 13.8 Å². The first-order valence-corrected chi connectivity index (χ1v) is 8.13. The largest absolute Gasteiger partial charge is 0.446 e. The highest BCUT2D eigenvalue weighted by atomic mass is 31.2. The van der Waals surface area contributed by atoms with E-state index in [-0.39, 0.29) is 23.6 Å². The summed E-state index contributed by atoms with van der Waals surface area (Å²) in [6, 6.07) is 6.82. The van der Waals surface area contributed by atoms with Crippen LogP contribution in [0.2, 0.25) is 0 Å². The monoisotopic (exact) mass is 326 g/mol. The lowest BCUT2D eigenvalue weighted by molar-refractivity contribution is -0.137. The van der Waals surface area contributed by atoms with E-state index in [2.05, 4.69) is 0 Å². The zero-order valence-corrected chi connectivity index (χ0v) is 13.0. The molecule has 1 aliphatic heterocycles. The molecule has 0 aromatic heterocycles. The van der Waals surface area contributed by atoms with Gasteiger partial charge in [0, 0.05) is 0 Å². The van der Waals surface area contributed by atoms with Crippen molar-refractivity contribution >= 4 is 31.3 Å². The van der Waals surface area contributed by atoms with E-state index >= 15 is 0 Å². The maximum atomic E-state index is 12.6. The van der Waals surface area contributed by atoms with Gasteiger partial charge in [0.15, 0.2) is 0 Å². The van der Waals surface area contributed by atoms with Gasteiger partial charge in [-0.1, -0.05) is 18.2 Å². The first-order valence-electron chi connectivity index (χ1n) is 6.63. The molecule has 0 spiro atoms. The minimum absolute atomic E-state index is 0.0478. The van der Waals surface area contributed by atoms with Crippen LogP contribution in [-0.4, -0.2) is 35.7 Å². The number of carbonyl (C=O) groups excluding carboxylic acids is 3. The zero-order chi connectivity index (χ0) is 16.3. The van der Waals surface area contributed by atoms with Crippen molar-refractivity contribution in [3.63, 3.8) is 0 Å². The predicted octanol–water partition coefficient (Wildman–Crippen LogP) is 2.16. The molecule has 0 atom stereocenters. The minimum Gasteiger partial charge on any atom is -0.292 e. The van der Waals surface area contributed by atoms with Crippen molar-refractivity contribution in [2.75, 3.05) is 18.1 Å². The highest BCUT2D eigenvalue weighted by Gasteiger charge is 2.55. The second-order valence-electron chi connectivity index (χ2n) is 4.18. The summed E-state index contributed by atoms with van der Waals surface area (Å²) in [5.41, 5.74) is 0.202. The molecule has 1 heterocycles. The van der Waals surface area contributed by atoms with Gasteiger partial charge in [-0.25, -0.2) is 14.3 Å². The number of para-hydroxylation sites is 1. The van der Waals surface area contributed by atoms with E-state index in [0.717, 1.165) is 0 Å². The number of hydrogen-bond donors (Lipinski definition) is 0. The number of imide groups is 2. The molecule has 1 aliphatic rings. The van der Waals surface area contributed by atoms with Crippen LogP contribution >= 0.6 is 7.75 Å². The number of benzene rings is 1. The molecule has 0 N–H and O–H groups in total. The van der Waals surface area contributed by atoms with Crippen LogP contribution in [0.25, 0.3) is 0 Å². The van der Waals surface area contributed by atoms with Crippen LogP contribution in [0.3, 0.4) is 0 Å². The molecule has 0 saturated carbocycles. The Morgan fingerprint density at radius 1 is 0.955 bits per heavy atom. The molecule has 2 rings (SSSR count). The van der Waals surface area contributed by atoms with Crippen molar-refractivity contribution < 1.29 is 28.0 Å². The van der Waals surface area contributed by atoms with Crippen LogP contribution in [0.15, 0.2) is 30.3 Å². The Bertz CT molecular complexity index is 637. The quantitative estimate of drug-likeness (QED) is 0.452. The van der Waals surface area contributed by atoms with Gasteiger partial charge in [-0.3, -0.25) is 18.6 Å². The number of urea groups is 1. The first-order chi connectivity index (χ1) is 10.5. The molecule has 1 aromatic carbocycles. The van der Waals surface area contributed by atoms with Gasteiger partial charge in [0.25, 0.3) is 0 Å². The first kappa shape index (κ1) is 16.4. The standard InChI is InChI=1S/C13H15N2O6P/c1-3-20-22(19,21-4-2)15-12(17)11(16)14(13(15)18)10-8-6-5-7-9-10/h5-9H,3-4H2,1-2H3. The molecule has 1 fully saturated rings. The molecule has 4 amide bonds.